The van der Waals surface area contributed by atoms with Crippen LogP contribution in [0.1, 0.15) is 67.7 Å². The van der Waals surface area contributed by atoms with Crippen LogP contribution in [0.5, 0.6) is 0 Å². The molecule has 0 aliphatic heterocycles. The summed E-state index contributed by atoms with van der Waals surface area (Å²) in [6.07, 6.45) is 3.34. The zero-order valence-corrected chi connectivity index (χ0v) is 13.3. The third-order valence-corrected chi connectivity index (χ3v) is 4.59. The number of hydrogen-bond acceptors (Lipinski definition) is 1. The second-order valence-corrected chi connectivity index (χ2v) is 7.21. The summed E-state index contributed by atoms with van der Waals surface area (Å²) >= 11 is 0. The van der Waals surface area contributed by atoms with Crippen LogP contribution in [-0.2, 0) is 4.79 Å². The minimum absolute atomic E-state index is 0.122. The van der Waals surface area contributed by atoms with Gasteiger partial charge in [0.15, 0.2) is 0 Å². The van der Waals surface area contributed by atoms with Gasteiger partial charge in [0, 0.05) is 17.5 Å². The lowest BCUT2D eigenvalue weighted by Gasteiger charge is -2.37. The van der Waals surface area contributed by atoms with E-state index in [0.717, 1.165) is 18.8 Å². The maximum atomic E-state index is 12.8. The van der Waals surface area contributed by atoms with Gasteiger partial charge in [-0.25, -0.2) is 0 Å². The van der Waals surface area contributed by atoms with Crippen molar-refractivity contribution in [1.29, 1.82) is 0 Å². The Morgan fingerprint density at radius 3 is 1.94 bits per heavy atom. The van der Waals surface area contributed by atoms with Crippen LogP contribution in [0.2, 0.25) is 0 Å². The van der Waals surface area contributed by atoms with Gasteiger partial charge in [-0.3, -0.25) is 4.79 Å². The third-order valence-electron chi connectivity index (χ3n) is 4.59. The van der Waals surface area contributed by atoms with Crippen molar-refractivity contribution >= 4 is 5.91 Å². The molecule has 1 fully saturated rings. The molecule has 106 valence electrons. The van der Waals surface area contributed by atoms with Gasteiger partial charge in [-0.2, -0.15) is 0 Å². The van der Waals surface area contributed by atoms with Gasteiger partial charge < -0.3 is 4.90 Å². The molecule has 1 rings (SSSR count). The Bertz CT molecular complexity index is 287. The third kappa shape index (κ3) is 3.07. The molecule has 1 aliphatic carbocycles. The Kier molecular flexibility index (Phi) is 4.85. The molecule has 1 saturated carbocycles. The Hall–Kier alpha value is -0.530. The van der Waals surface area contributed by atoms with Crippen LogP contribution < -0.4 is 0 Å². The minimum Gasteiger partial charge on any atom is -0.337 e. The van der Waals surface area contributed by atoms with Gasteiger partial charge in [0.05, 0.1) is 0 Å². The zero-order chi connectivity index (χ0) is 14.1. The van der Waals surface area contributed by atoms with Crippen LogP contribution in [0.4, 0.5) is 0 Å². The first-order chi connectivity index (χ1) is 8.19. The standard InChI is InChI=1S/C16H31NO/c1-11(2)14-8-9-16(7,10-14)15(18)17(12(3)4)13(5)6/h11-14H,8-10H2,1-7H3. The lowest BCUT2D eigenvalue weighted by atomic mass is 9.83. The Morgan fingerprint density at radius 2 is 1.61 bits per heavy atom. The van der Waals surface area contributed by atoms with Crippen molar-refractivity contribution in [2.75, 3.05) is 0 Å². The van der Waals surface area contributed by atoms with E-state index in [1.807, 2.05) is 0 Å². The Morgan fingerprint density at radius 1 is 1.11 bits per heavy atom. The van der Waals surface area contributed by atoms with Crippen molar-refractivity contribution in [3.63, 3.8) is 0 Å². The van der Waals surface area contributed by atoms with Gasteiger partial charge in [-0.05, 0) is 58.8 Å². The number of nitrogens with zero attached hydrogens (tertiary/aromatic N) is 1. The maximum Gasteiger partial charge on any atom is 0.228 e. The molecule has 0 saturated heterocycles. The number of carbonyl (C=O) groups is 1. The number of amides is 1. The zero-order valence-electron chi connectivity index (χ0n) is 13.3. The molecule has 0 spiro atoms. The first-order valence-corrected chi connectivity index (χ1v) is 7.52. The van der Waals surface area contributed by atoms with E-state index in [2.05, 4.69) is 53.4 Å². The van der Waals surface area contributed by atoms with Gasteiger partial charge in [0.25, 0.3) is 0 Å². The average molecular weight is 253 g/mol. The fraction of sp³-hybridized carbons (Fsp3) is 0.938. The fourth-order valence-corrected chi connectivity index (χ4v) is 3.43. The van der Waals surface area contributed by atoms with Crippen molar-refractivity contribution in [3.8, 4) is 0 Å². The summed E-state index contributed by atoms with van der Waals surface area (Å²) in [5.41, 5.74) is -0.122. The van der Waals surface area contributed by atoms with Gasteiger partial charge in [-0.1, -0.05) is 20.8 Å². The van der Waals surface area contributed by atoms with E-state index in [4.69, 9.17) is 0 Å². The smallest absolute Gasteiger partial charge is 0.228 e. The van der Waals surface area contributed by atoms with Crippen molar-refractivity contribution < 1.29 is 4.79 Å². The molecular formula is C16H31NO. The van der Waals surface area contributed by atoms with Crippen LogP contribution in [0.25, 0.3) is 0 Å². The number of hydrogen-bond donors (Lipinski definition) is 0. The number of carbonyl (C=O) groups excluding carboxylic acids is 1. The second-order valence-electron chi connectivity index (χ2n) is 7.21. The first kappa shape index (κ1) is 15.5. The highest BCUT2D eigenvalue weighted by Gasteiger charge is 2.44. The SMILES string of the molecule is CC(C)C1CCC(C)(C(=O)N(C(C)C)C(C)C)C1. The summed E-state index contributed by atoms with van der Waals surface area (Å²) in [6.45, 7) is 15.2. The molecule has 0 bridgehead atoms. The van der Waals surface area contributed by atoms with Gasteiger partial charge >= 0.3 is 0 Å². The minimum atomic E-state index is -0.122. The van der Waals surface area contributed by atoms with E-state index < -0.39 is 0 Å². The van der Waals surface area contributed by atoms with Gasteiger partial charge in [0.2, 0.25) is 5.91 Å². The lowest BCUT2D eigenvalue weighted by molar-refractivity contribution is -0.145. The highest BCUT2D eigenvalue weighted by atomic mass is 16.2. The molecule has 0 N–H and O–H groups in total. The van der Waals surface area contributed by atoms with E-state index in [-0.39, 0.29) is 5.41 Å². The highest BCUT2D eigenvalue weighted by Crippen LogP contribution is 2.46. The molecule has 2 heteroatoms. The molecule has 0 heterocycles. The molecule has 0 aromatic rings. The molecule has 18 heavy (non-hydrogen) atoms. The van der Waals surface area contributed by atoms with Crippen molar-refractivity contribution in [1.82, 2.24) is 4.90 Å². The summed E-state index contributed by atoms with van der Waals surface area (Å²) in [5.74, 6) is 1.79. The van der Waals surface area contributed by atoms with Crippen molar-refractivity contribution in [2.45, 2.75) is 79.8 Å². The summed E-state index contributed by atoms with van der Waals surface area (Å²) in [4.78, 5) is 14.9. The molecule has 2 nitrogen and oxygen atoms in total. The molecule has 0 aromatic heterocycles. The Labute approximate surface area is 113 Å². The number of rotatable bonds is 4. The van der Waals surface area contributed by atoms with E-state index in [9.17, 15) is 4.79 Å². The van der Waals surface area contributed by atoms with Gasteiger partial charge in [-0.15, -0.1) is 0 Å². The van der Waals surface area contributed by atoms with Crippen LogP contribution in [0, 0.1) is 17.3 Å². The molecule has 1 aliphatic rings. The van der Waals surface area contributed by atoms with Crippen LogP contribution in [0.15, 0.2) is 0 Å². The largest absolute Gasteiger partial charge is 0.337 e. The van der Waals surface area contributed by atoms with Crippen molar-refractivity contribution in [3.05, 3.63) is 0 Å². The van der Waals surface area contributed by atoms with Crippen LogP contribution in [0.3, 0.4) is 0 Å². The van der Waals surface area contributed by atoms with E-state index in [0.29, 0.717) is 23.9 Å². The van der Waals surface area contributed by atoms with Crippen LogP contribution >= 0.6 is 0 Å². The Balaban J connectivity index is 2.83. The summed E-state index contributed by atoms with van der Waals surface area (Å²) < 4.78 is 0. The first-order valence-electron chi connectivity index (χ1n) is 7.52. The highest BCUT2D eigenvalue weighted by molar-refractivity contribution is 5.83. The predicted octanol–water partition coefficient (Wildman–Crippen LogP) is 4.09. The van der Waals surface area contributed by atoms with Crippen LogP contribution in [-0.4, -0.2) is 22.9 Å². The lowest BCUT2D eigenvalue weighted by Crippen LogP contribution is -2.48. The van der Waals surface area contributed by atoms with E-state index in [1.165, 1.54) is 6.42 Å². The quantitative estimate of drug-likeness (QED) is 0.739. The van der Waals surface area contributed by atoms with Gasteiger partial charge in [0.1, 0.15) is 0 Å². The molecule has 0 aromatic carbocycles. The summed E-state index contributed by atoms with van der Waals surface area (Å²) in [5, 5.41) is 0. The van der Waals surface area contributed by atoms with E-state index >= 15 is 0 Å². The van der Waals surface area contributed by atoms with E-state index in [1.54, 1.807) is 0 Å². The molecule has 2 unspecified atom stereocenters. The fourth-order valence-electron chi connectivity index (χ4n) is 3.43. The molecular weight excluding hydrogens is 222 g/mol. The summed E-state index contributed by atoms with van der Waals surface area (Å²) in [6, 6.07) is 0.597. The topological polar surface area (TPSA) is 20.3 Å². The second kappa shape index (κ2) is 5.63. The summed E-state index contributed by atoms with van der Waals surface area (Å²) in [7, 11) is 0. The molecule has 1 amide bonds. The molecule has 0 radical (unpaired) electrons. The maximum absolute atomic E-state index is 12.8. The monoisotopic (exact) mass is 253 g/mol. The molecule has 2 atom stereocenters. The normalized spacial score (nSPS) is 28.4. The predicted molar refractivity (Wildman–Crippen MR) is 77.4 cm³/mol. The average Bonchev–Trinajstić information content (AvgIpc) is 2.61. The van der Waals surface area contributed by atoms with Crippen molar-refractivity contribution in [2.24, 2.45) is 17.3 Å².